The normalized spacial score (nSPS) is 24.8. The van der Waals surface area contributed by atoms with Gasteiger partial charge in [0.15, 0.2) is 0 Å². The fourth-order valence-corrected chi connectivity index (χ4v) is 2.83. The summed E-state index contributed by atoms with van der Waals surface area (Å²) in [6.07, 6.45) is 0.912. The molecule has 1 fully saturated rings. The maximum Gasteiger partial charge on any atom is 0.125 e. The number of benzene rings is 1. The van der Waals surface area contributed by atoms with Crippen LogP contribution in [0.1, 0.15) is 36.5 Å². The number of alkyl halides is 1. The molecule has 0 aliphatic carbocycles. The maximum atomic E-state index is 13.1. The van der Waals surface area contributed by atoms with E-state index >= 15 is 0 Å². The molecule has 0 amide bonds. The minimum absolute atomic E-state index is 0.403. The molecule has 0 bridgehead atoms. The lowest BCUT2D eigenvalue weighted by Crippen LogP contribution is -2.33. The van der Waals surface area contributed by atoms with Crippen molar-refractivity contribution < 1.29 is 14.2 Å². The second kappa shape index (κ2) is 5.47. The van der Waals surface area contributed by atoms with Gasteiger partial charge in [-0.25, -0.2) is 4.39 Å². The monoisotopic (exact) mass is 265 g/mol. The number of piperidine rings is 1. The van der Waals surface area contributed by atoms with Gasteiger partial charge in [-0.2, -0.15) is 0 Å². The Morgan fingerprint density at radius 1 is 1.26 bits per heavy atom. The molecule has 2 aliphatic heterocycles. The van der Waals surface area contributed by atoms with E-state index in [0.717, 1.165) is 30.9 Å². The zero-order chi connectivity index (χ0) is 13.2. The van der Waals surface area contributed by atoms with E-state index in [1.54, 1.807) is 0 Å². The molecule has 1 aromatic rings. The number of hydrogen-bond acceptors (Lipinski definition) is 3. The van der Waals surface area contributed by atoms with Crippen molar-refractivity contribution in [2.75, 3.05) is 19.7 Å². The smallest absolute Gasteiger partial charge is 0.125 e. The van der Waals surface area contributed by atoms with Gasteiger partial charge in [0.25, 0.3) is 0 Å². The van der Waals surface area contributed by atoms with Gasteiger partial charge >= 0.3 is 0 Å². The zero-order valence-corrected chi connectivity index (χ0v) is 11.0. The van der Waals surface area contributed by atoms with E-state index in [0.29, 0.717) is 25.9 Å². The molecule has 0 aromatic heterocycles. The number of aliphatic hydroxyl groups excluding tert-OH is 1. The summed E-state index contributed by atoms with van der Waals surface area (Å²) < 4.78 is 18.7. The van der Waals surface area contributed by atoms with E-state index in [-0.39, 0.29) is 0 Å². The van der Waals surface area contributed by atoms with E-state index in [9.17, 15) is 9.50 Å². The lowest BCUT2D eigenvalue weighted by Gasteiger charge is -2.29. The number of likely N-dealkylation sites (tertiary alicyclic amines) is 1. The topological polar surface area (TPSA) is 32.7 Å². The van der Waals surface area contributed by atoms with Crippen molar-refractivity contribution in [3.05, 3.63) is 29.3 Å². The lowest BCUT2D eigenvalue weighted by molar-refractivity contribution is 0.115. The molecule has 2 heterocycles. The zero-order valence-electron chi connectivity index (χ0n) is 11.0. The Balaban J connectivity index is 1.68. The van der Waals surface area contributed by atoms with Crippen molar-refractivity contribution in [2.45, 2.75) is 38.1 Å². The summed E-state index contributed by atoms with van der Waals surface area (Å²) in [6.45, 7) is 3.05. The Labute approximate surface area is 113 Å². The van der Waals surface area contributed by atoms with Gasteiger partial charge in [-0.3, -0.25) is 4.90 Å². The van der Waals surface area contributed by atoms with E-state index in [1.165, 1.54) is 5.56 Å². The van der Waals surface area contributed by atoms with E-state index in [2.05, 4.69) is 4.90 Å². The summed E-state index contributed by atoms with van der Waals surface area (Å²) in [5.74, 6) is 0.802. The third-order valence-corrected chi connectivity index (χ3v) is 4.01. The molecular formula is C15H20FNO2. The van der Waals surface area contributed by atoms with Crippen LogP contribution in [0.15, 0.2) is 18.2 Å². The van der Waals surface area contributed by atoms with Crippen molar-refractivity contribution in [1.82, 2.24) is 4.90 Å². The Kier molecular flexibility index (Phi) is 3.71. The number of hydrogen-bond donors (Lipinski definition) is 1. The molecule has 1 aromatic carbocycles. The standard InChI is InChI=1S/C15H20FNO2/c16-12-3-6-17(7-4-12)10-11-1-2-13-14(18)5-8-19-15(13)9-11/h1-2,9,12,14,18H,3-8,10H2/t14-/m0/s1. The van der Waals surface area contributed by atoms with Crippen molar-refractivity contribution in [3.8, 4) is 5.75 Å². The van der Waals surface area contributed by atoms with Gasteiger partial charge in [0.1, 0.15) is 11.9 Å². The summed E-state index contributed by atoms with van der Waals surface area (Å²) in [5.41, 5.74) is 2.06. The van der Waals surface area contributed by atoms with Gasteiger partial charge in [-0.1, -0.05) is 12.1 Å². The molecule has 2 aliphatic rings. The Hall–Kier alpha value is -1.13. The van der Waals surface area contributed by atoms with Crippen molar-refractivity contribution in [3.63, 3.8) is 0 Å². The van der Waals surface area contributed by atoms with Crippen LogP contribution in [0.4, 0.5) is 4.39 Å². The third-order valence-electron chi connectivity index (χ3n) is 4.01. The molecule has 19 heavy (non-hydrogen) atoms. The van der Waals surface area contributed by atoms with Gasteiger partial charge in [-0.05, 0) is 24.5 Å². The Morgan fingerprint density at radius 3 is 2.84 bits per heavy atom. The molecule has 0 unspecified atom stereocenters. The first-order valence-corrected chi connectivity index (χ1v) is 7.02. The molecule has 1 saturated heterocycles. The average Bonchev–Trinajstić information content (AvgIpc) is 2.42. The highest BCUT2D eigenvalue weighted by atomic mass is 19.1. The van der Waals surface area contributed by atoms with Gasteiger partial charge in [-0.15, -0.1) is 0 Å². The van der Waals surface area contributed by atoms with Crippen LogP contribution in [0.25, 0.3) is 0 Å². The van der Waals surface area contributed by atoms with E-state index in [1.807, 2.05) is 18.2 Å². The molecule has 0 spiro atoms. The number of rotatable bonds is 2. The first-order chi connectivity index (χ1) is 9.22. The highest BCUT2D eigenvalue weighted by molar-refractivity contribution is 5.40. The van der Waals surface area contributed by atoms with Gasteiger partial charge in [0, 0.05) is 31.6 Å². The van der Waals surface area contributed by atoms with Crippen LogP contribution < -0.4 is 4.74 Å². The number of nitrogens with zero attached hydrogens (tertiary/aromatic N) is 1. The van der Waals surface area contributed by atoms with E-state index in [4.69, 9.17) is 4.74 Å². The largest absolute Gasteiger partial charge is 0.493 e. The Bertz CT molecular complexity index is 444. The first-order valence-electron chi connectivity index (χ1n) is 7.02. The van der Waals surface area contributed by atoms with Crippen molar-refractivity contribution >= 4 is 0 Å². The van der Waals surface area contributed by atoms with Crippen molar-refractivity contribution in [2.24, 2.45) is 0 Å². The average molecular weight is 265 g/mol. The van der Waals surface area contributed by atoms with Crippen LogP contribution in [0.5, 0.6) is 5.75 Å². The van der Waals surface area contributed by atoms with Crippen LogP contribution in [0, 0.1) is 0 Å². The van der Waals surface area contributed by atoms with Crippen LogP contribution >= 0.6 is 0 Å². The predicted octanol–water partition coefficient (Wildman–Crippen LogP) is 2.44. The maximum absolute atomic E-state index is 13.1. The van der Waals surface area contributed by atoms with Gasteiger partial charge < -0.3 is 9.84 Å². The molecule has 4 heteroatoms. The SMILES string of the molecule is O[C@H]1CCOc2cc(CN3CCC(F)CC3)ccc21. The number of fused-ring (bicyclic) bond motifs is 1. The second-order valence-corrected chi connectivity index (χ2v) is 5.48. The molecule has 3 nitrogen and oxygen atoms in total. The van der Waals surface area contributed by atoms with Crippen molar-refractivity contribution in [1.29, 1.82) is 0 Å². The van der Waals surface area contributed by atoms with Gasteiger partial charge in [0.05, 0.1) is 12.7 Å². The summed E-state index contributed by atoms with van der Waals surface area (Å²) in [4.78, 5) is 2.27. The highest BCUT2D eigenvalue weighted by Gasteiger charge is 2.21. The quantitative estimate of drug-likeness (QED) is 0.891. The summed E-state index contributed by atoms with van der Waals surface area (Å²) in [5, 5.41) is 9.87. The molecule has 104 valence electrons. The summed E-state index contributed by atoms with van der Waals surface area (Å²) in [6, 6.07) is 6.01. The molecule has 1 N–H and O–H groups in total. The first kappa shape index (κ1) is 12.9. The van der Waals surface area contributed by atoms with Crippen LogP contribution in [-0.2, 0) is 6.54 Å². The lowest BCUT2D eigenvalue weighted by atomic mass is 10.0. The summed E-state index contributed by atoms with van der Waals surface area (Å²) >= 11 is 0. The molecule has 0 saturated carbocycles. The molecular weight excluding hydrogens is 245 g/mol. The number of aliphatic hydroxyl groups is 1. The highest BCUT2D eigenvalue weighted by Crippen LogP contribution is 2.33. The molecule has 0 radical (unpaired) electrons. The van der Waals surface area contributed by atoms with Crippen LogP contribution in [-0.4, -0.2) is 35.9 Å². The minimum atomic E-state index is -0.627. The van der Waals surface area contributed by atoms with Gasteiger partial charge in [0.2, 0.25) is 0 Å². The second-order valence-electron chi connectivity index (χ2n) is 5.48. The molecule has 3 rings (SSSR count). The Morgan fingerprint density at radius 2 is 2.05 bits per heavy atom. The number of halogens is 1. The molecule has 1 atom stereocenters. The fourth-order valence-electron chi connectivity index (χ4n) is 2.83. The third kappa shape index (κ3) is 2.90. The predicted molar refractivity (Wildman–Crippen MR) is 70.9 cm³/mol. The van der Waals surface area contributed by atoms with E-state index < -0.39 is 12.3 Å². The summed E-state index contributed by atoms with van der Waals surface area (Å²) in [7, 11) is 0. The van der Waals surface area contributed by atoms with Crippen LogP contribution in [0.3, 0.4) is 0 Å². The minimum Gasteiger partial charge on any atom is -0.493 e. The van der Waals surface area contributed by atoms with Crippen LogP contribution in [0.2, 0.25) is 0 Å². The fraction of sp³-hybridized carbons (Fsp3) is 0.600. The number of ether oxygens (including phenoxy) is 1.